The summed E-state index contributed by atoms with van der Waals surface area (Å²) >= 11 is 0. The summed E-state index contributed by atoms with van der Waals surface area (Å²) in [5.74, 6) is 1.95. The molecule has 17 heavy (non-hydrogen) atoms. The second kappa shape index (κ2) is 3.80. The van der Waals surface area contributed by atoms with Gasteiger partial charge in [0, 0.05) is 29.9 Å². The van der Waals surface area contributed by atoms with E-state index >= 15 is 0 Å². The standard InChI is InChI=1S/C13H14N4/c1-8-7-15-5-4-10(8)11-6-12(14)17-13(16-11)9-2-3-9/h4-7,9H,2-3H2,1H3,(H2,14,16,17). The van der Waals surface area contributed by atoms with Crippen molar-refractivity contribution in [3.8, 4) is 11.3 Å². The highest BCUT2D eigenvalue weighted by Gasteiger charge is 2.27. The first-order valence-corrected chi connectivity index (χ1v) is 5.79. The molecule has 1 fully saturated rings. The van der Waals surface area contributed by atoms with E-state index in [2.05, 4.69) is 15.0 Å². The number of hydrogen-bond donors (Lipinski definition) is 1. The number of aryl methyl sites for hydroxylation is 1. The zero-order valence-electron chi connectivity index (χ0n) is 9.72. The number of nitrogen functional groups attached to an aromatic ring is 1. The molecule has 1 aliphatic rings. The van der Waals surface area contributed by atoms with Gasteiger partial charge < -0.3 is 5.73 Å². The highest BCUT2D eigenvalue weighted by atomic mass is 15.0. The second-order valence-electron chi connectivity index (χ2n) is 4.50. The minimum atomic E-state index is 0.513. The zero-order valence-corrected chi connectivity index (χ0v) is 9.72. The molecule has 0 atom stereocenters. The average Bonchev–Trinajstić information content (AvgIpc) is 3.12. The number of nitrogens with zero attached hydrogens (tertiary/aromatic N) is 3. The molecule has 0 aliphatic heterocycles. The first-order chi connectivity index (χ1) is 8.24. The molecule has 2 aromatic rings. The van der Waals surface area contributed by atoms with Crippen LogP contribution in [-0.4, -0.2) is 15.0 Å². The van der Waals surface area contributed by atoms with Gasteiger partial charge in [0.25, 0.3) is 0 Å². The highest BCUT2D eigenvalue weighted by Crippen LogP contribution is 2.39. The fourth-order valence-electron chi connectivity index (χ4n) is 1.91. The summed E-state index contributed by atoms with van der Waals surface area (Å²) in [6, 6.07) is 3.79. The van der Waals surface area contributed by atoms with E-state index in [-0.39, 0.29) is 0 Å². The van der Waals surface area contributed by atoms with Gasteiger partial charge in [0.1, 0.15) is 11.6 Å². The molecule has 0 spiro atoms. The molecule has 0 bridgehead atoms. The summed E-state index contributed by atoms with van der Waals surface area (Å²) in [5.41, 5.74) is 8.93. The van der Waals surface area contributed by atoms with Crippen LogP contribution in [0.4, 0.5) is 5.82 Å². The maximum Gasteiger partial charge on any atom is 0.134 e. The van der Waals surface area contributed by atoms with Gasteiger partial charge in [-0.2, -0.15) is 0 Å². The molecular formula is C13H14N4. The first kappa shape index (κ1) is 10.2. The summed E-state index contributed by atoms with van der Waals surface area (Å²) in [4.78, 5) is 13.0. The van der Waals surface area contributed by atoms with Gasteiger partial charge in [-0.1, -0.05) is 0 Å². The molecule has 86 valence electrons. The van der Waals surface area contributed by atoms with Crippen LogP contribution >= 0.6 is 0 Å². The number of rotatable bonds is 2. The molecule has 0 unspecified atom stereocenters. The van der Waals surface area contributed by atoms with Gasteiger partial charge in [0.05, 0.1) is 5.69 Å². The third-order valence-electron chi connectivity index (χ3n) is 3.00. The number of nitrogens with two attached hydrogens (primary N) is 1. The Morgan fingerprint density at radius 2 is 2.12 bits per heavy atom. The van der Waals surface area contributed by atoms with Crippen molar-refractivity contribution in [1.82, 2.24) is 15.0 Å². The molecule has 2 aromatic heterocycles. The van der Waals surface area contributed by atoms with Crippen molar-refractivity contribution in [2.75, 3.05) is 5.73 Å². The second-order valence-corrected chi connectivity index (χ2v) is 4.50. The predicted octanol–water partition coefficient (Wildman–Crippen LogP) is 2.31. The Hall–Kier alpha value is -1.97. The number of hydrogen-bond acceptors (Lipinski definition) is 4. The van der Waals surface area contributed by atoms with E-state index in [1.807, 2.05) is 25.3 Å². The quantitative estimate of drug-likeness (QED) is 0.853. The van der Waals surface area contributed by atoms with Crippen LogP contribution in [0.2, 0.25) is 0 Å². The van der Waals surface area contributed by atoms with Gasteiger partial charge in [-0.05, 0) is 31.4 Å². The van der Waals surface area contributed by atoms with Crippen molar-refractivity contribution in [2.45, 2.75) is 25.7 Å². The Bertz CT molecular complexity index is 561. The van der Waals surface area contributed by atoms with Crippen LogP contribution in [0, 0.1) is 6.92 Å². The molecule has 2 heterocycles. The fourth-order valence-corrected chi connectivity index (χ4v) is 1.91. The first-order valence-electron chi connectivity index (χ1n) is 5.79. The lowest BCUT2D eigenvalue weighted by atomic mass is 10.1. The van der Waals surface area contributed by atoms with Crippen LogP contribution in [0.3, 0.4) is 0 Å². The molecular weight excluding hydrogens is 212 g/mol. The summed E-state index contributed by atoms with van der Waals surface area (Å²) < 4.78 is 0. The predicted molar refractivity (Wildman–Crippen MR) is 66.4 cm³/mol. The third-order valence-corrected chi connectivity index (χ3v) is 3.00. The summed E-state index contributed by atoms with van der Waals surface area (Å²) in [5, 5.41) is 0. The number of anilines is 1. The van der Waals surface area contributed by atoms with E-state index in [1.165, 1.54) is 12.8 Å². The van der Waals surface area contributed by atoms with E-state index in [9.17, 15) is 0 Å². The molecule has 2 N–H and O–H groups in total. The minimum Gasteiger partial charge on any atom is -0.384 e. The molecule has 4 nitrogen and oxygen atoms in total. The lowest BCUT2D eigenvalue weighted by Gasteiger charge is -2.07. The number of aromatic nitrogens is 3. The van der Waals surface area contributed by atoms with Crippen LogP contribution in [-0.2, 0) is 0 Å². The van der Waals surface area contributed by atoms with Gasteiger partial charge in [-0.3, -0.25) is 4.98 Å². The molecule has 0 aromatic carbocycles. The van der Waals surface area contributed by atoms with Gasteiger partial charge in [-0.15, -0.1) is 0 Å². The van der Waals surface area contributed by atoms with Crippen molar-refractivity contribution < 1.29 is 0 Å². The van der Waals surface area contributed by atoms with E-state index in [0.717, 1.165) is 22.6 Å². The molecule has 0 saturated heterocycles. The van der Waals surface area contributed by atoms with E-state index in [1.54, 1.807) is 6.20 Å². The monoisotopic (exact) mass is 226 g/mol. The Labute approximate surface area is 99.9 Å². The highest BCUT2D eigenvalue weighted by molar-refractivity contribution is 5.64. The molecule has 1 aliphatic carbocycles. The van der Waals surface area contributed by atoms with Gasteiger partial charge in [0.15, 0.2) is 0 Å². The summed E-state index contributed by atoms with van der Waals surface area (Å²) in [6.45, 7) is 2.03. The average molecular weight is 226 g/mol. The van der Waals surface area contributed by atoms with Crippen LogP contribution < -0.4 is 5.73 Å². The Morgan fingerprint density at radius 1 is 1.29 bits per heavy atom. The minimum absolute atomic E-state index is 0.513. The summed E-state index contributed by atoms with van der Waals surface area (Å²) in [6.07, 6.45) is 5.97. The SMILES string of the molecule is Cc1cnccc1-c1cc(N)nc(C2CC2)n1. The largest absolute Gasteiger partial charge is 0.384 e. The number of pyridine rings is 1. The van der Waals surface area contributed by atoms with E-state index in [4.69, 9.17) is 5.73 Å². The topological polar surface area (TPSA) is 64.7 Å². The third kappa shape index (κ3) is 1.98. The molecule has 0 radical (unpaired) electrons. The fraction of sp³-hybridized carbons (Fsp3) is 0.308. The van der Waals surface area contributed by atoms with Crippen molar-refractivity contribution in [3.05, 3.63) is 35.9 Å². The Morgan fingerprint density at radius 3 is 2.82 bits per heavy atom. The molecule has 0 amide bonds. The van der Waals surface area contributed by atoms with E-state index < -0.39 is 0 Å². The van der Waals surface area contributed by atoms with E-state index in [0.29, 0.717) is 11.7 Å². The van der Waals surface area contributed by atoms with Crippen molar-refractivity contribution in [3.63, 3.8) is 0 Å². The van der Waals surface area contributed by atoms with Crippen molar-refractivity contribution in [1.29, 1.82) is 0 Å². The van der Waals surface area contributed by atoms with Crippen LogP contribution in [0.5, 0.6) is 0 Å². The normalized spacial score (nSPS) is 14.9. The lowest BCUT2D eigenvalue weighted by molar-refractivity contribution is 0.935. The van der Waals surface area contributed by atoms with Crippen LogP contribution in [0.1, 0.15) is 30.1 Å². The smallest absolute Gasteiger partial charge is 0.134 e. The van der Waals surface area contributed by atoms with Crippen LogP contribution in [0.15, 0.2) is 24.5 Å². The maximum absolute atomic E-state index is 5.85. The molecule has 3 rings (SSSR count). The van der Waals surface area contributed by atoms with Crippen LogP contribution in [0.25, 0.3) is 11.3 Å². The molecule has 4 heteroatoms. The Balaban J connectivity index is 2.11. The Kier molecular flexibility index (Phi) is 2.28. The van der Waals surface area contributed by atoms with Gasteiger partial charge in [0.2, 0.25) is 0 Å². The van der Waals surface area contributed by atoms with Crippen molar-refractivity contribution >= 4 is 5.82 Å². The molecule has 1 saturated carbocycles. The van der Waals surface area contributed by atoms with Gasteiger partial charge in [-0.25, -0.2) is 9.97 Å². The zero-order chi connectivity index (χ0) is 11.8. The maximum atomic E-state index is 5.85. The summed E-state index contributed by atoms with van der Waals surface area (Å²) in [7, 11) is 0. The van der Waals surface area contributed by atoms with Crippen molar-refractivity contribution in [2.24, 2.45) is 0 Å². The lowest BCUT2D eigenvalue weighted by Crippen LogP contribution is -2.00. The van der Waals surface area contributed by atoms with Gasteiger partial charge >= 0.3 is 0 Å².